The monoisotopic (exact) mass is 646 g/mol. The van der Waals surface area contributed by atoms with Gasteiger partial charge in [0.1, 0.15) is 9.75 Å². The average Bonchev–Trinajstić information content (AvgIpc) is 2.79. The van der Waals surface area contributed by atoms with Crippen molar-refractivity contribution in [2.75, 3.05) is 0 Å². The lowest BCUT2D eigenvalue weighted by Crippen LogP contribution is -2.27. The molecule has 2 atom stereocenters. The number of benzene rings is 2. The van der Waals surface area contributed by atoms with Crippen molar-refractivity contribution in [3.05, 3.63) is 112 Å². The van der Waals surface area contributed by atoms with E-state index in [1.54, 1.807) is 48.5 Å². The molecule has 0 saturated carbocycles. The lowest BCUT2D eigenvalue weighted by Gasteiger charge is -2.33. The Labute approximate surface area is 243 Å². The van der Waals surface area contributed by atoms with Crippen LogP contribution in [0.3, 0.4) is 0 Å². The third-order valence-corrected chi connectivity index (χ3v) is 11.4. The number of halogens is 8. The Morgan fingerprint density at radius 3 is 1.29 bits per heavy atom. The minimum Gasteiger partial charge on any atom is -0.218 e. The van der Waals surface area contributed by atoms with Gasteiger partial charge in [-0.25, -0.2) is 8.42 Å². The molecule has 0 heterocycles. The van der Waals surface area contributed by atoms with Crippen LogP contribution in [0.1, 0.15) is 24.0 Å². The van der Waals surface area contributed by atoms with Crippen LogP contribution in [0, 0.1) is 0 Å². The Morgan fingerprint density at radius 1 is 0.600 bits per heavy atom. The van der Waals surface area contributed by atoms with Crippen LogP contribution < -0.4 is 0 Å². The molecule has 11 heteroatoms. The minimum absolute atomic E-state index is 0.0281. The van der Waals surface area contributed by atoms with Crippen molar-refractivity contribution < 1.29 is 8.42 Å². The highest BCUT2D eigenvalue weighted by Gasteiger charge is 2.45. The fourth-order valence-electron chi connectivity index (χ4n) is 3.96. The molecule has 2 aliphatic rings. The quantitative estimate of drug-likeness (QED) is 0.309. The second-order valence-corrected chi connectivity index (χ2v) is 13.7. The summed E-state index contributed by atoms with van der Waals surface area (Å²) in [5.74, 6) is 0. The first kappa shape index (κ1) is 27.7. The molecule has 0 radical (unpaired) electrons. The van der Waals surface area contributed by atoms with Crippen LogP contribution in [0.2, 0.25) is 10.0 Å². The molecular weight excluding hydrogens is 636 g/mol. The van der Waals surface area contributed by atoms with Crippen LogP contribution in [0.25, 0.3) is 0 Å². The van der Waals surface area contributed by atoms with E-state index in [9.17, 15) is 8.42 Å². The Kier molecular flexibility index (Phi) is 7.99. The zero-order valence-corrected chi connectivity index (χ0v) is 24.3. The molecule has 2 aromatic carbocycles. The second-order valence-electron chi connectivity index (χ2n) is 7.94. The van der Waals surface area contributed by atoms with Crippen molar-refractivity contribution in [3.8, 4) is 0 Å². The SMILES string of the molecule is O=S(=O)(C1=C(Cl)CC(Cl)(c2ccccc2Cl)C(Cl)=C1)C1=C(Cl)CC(Cl)(c2ccccc2Cl)C(Cl)=C1. The van der Waals surface area contributed by atoms with Crippen molar-refractivity contribution in [2.24, 2.45) is 0 Å². The summed E-state index contributed by atoms with van der Waals surface area (Å²) in [4.78, 5) is -3.13. The first-order chi connectivity index (χ1) is 16.3. The van der Waals surface area contributed by atoms with Crippen LogP contribution >= 0.6 is 92.8 Å². The Morgan fingerprint density at radius 2 is 0.943 bits per heavy atom. The highest BCUT2D eigenvalue weighted by Crippen LogP contribution is 2.54. The molecule has 2 aliphatic carbocycles. The van der Waals surface area contributed by atoms with Crippen molar-refractivity contribution >= 4 is 103 Å². The van der Waals surface area contributed by atoms with Gasteiger partial charge in [0.15, 0.2) is 0 Å². The predicted octanol–water partition coefficient (Wildman–Crippen LogP) is 9.93. The summed E-state index contributed by atoms with van der Waals surface area (Å²) >= 11 is 52.3. The number of allylic oxidation sites excluding steroid dienone is 6. The van der Waals surface area contributed by atoms with Crippen molar-refractivity contribution in [3.63, 3.8) is 0 Å². The molecule has 0 saturated heterocycles. The van der Waals surface area contributed by atoms with Gasteiger partial charge in [-0.1, -0.05) is 106 Å². The van der Waals surface area contributed by atoms with E-state index in [-0.39, 0.29) is 42.8 Å². The minimum atomic E-state index is -4.24. The van der Waals surface area contributed by atoms with E-state index in [0.29, 0.717) is 21.2 Å². The lowest BCUT2D eigenvalue weighted by molar-refractivity contribution is 0.606. The predicted molar refractivity (Wildman–Crippen MR) is 150 cm³/mol. The van der Waals surface area contributed by atoms with Crippen LogP contribution in [0.5, 0.6) is 0 Å². The lowest BCUT2D eigenvalue weighted by atomic mass is 9.90. The number of hydrogen-bond acceptors (Lipinski definition) is 2. The van der Waals surface area contributed by atoms with Gasteiger partial charge in [0.2, 0.25) is 9.84 Å². The molecular formula is C24H14Cl8O2S. The Hall–Kier alpha value is -0.330. The summed E-state index contributed by atoms with van der Waals surface area (Å²) in [5, 5.41) is 0.770. The number of sulfone groups is 1. The first-order valence-corrected chi connectivity index (χ1v) is 14.5. The molecule has 184 valence electrons. The van der Waals surface area contributed by atoms with Crippen LogP contribution in [0.4, 0.5) is 0 Å². The highest BCUT2D eigenvalue weighted by molar-refractivity contribution is 7.99. The molecule has 0 bridgehead atoms. The summed E-state index contributed by atoms with van der Waals surface area (Å²) in [6.45, 7) is 0. The summed E-state index contributed by atoms with van der Waals surface area (Å²) in [6, 6.07) is 13.7. The first-order valence-electron chi connectivity index (χ1n) is 9.98. The van der Waals surface area contributed by atoms with Gasteiger partial charge in [-0.3, -0.25) is 0 Å². The van der Waals surface area contributed by atoms with Gasteiger partial charge >= 0.3 is 0 Å². The second kappa shape index (κ2) is 10.1. The normalized spacial score (nSPS) is 25.5. The standard InChI is InChI=1S/C24H14Cl8O2S/c25-15-7-3-1-5-13(15)23(31)11-17(27)19(9-21(23)29)35(33,34)20-10-22(30)24(32,12-18(20)28)14-6-2-4-8-16(14)26/h1-10H,11-12H2. The van der Waals surface area contributed by atoms with E-state index in [0.717, 1.165) is 0 Å². The van der Waals surface area contributed by atoms with Gasteiger partial charge in [-0.2, -0.15) is 0 Å². The maximum Gasteiger partial charge on any atom is 0.208 e. The average molecular weight is 650 g/mol. The van der Waals surface area contributed by atoms with E-state index in [1.165, 1.54) is 12.2 Å². The van der Waals surface area contributed by atoms with Crippen LogP contribution in [0.15, 0.2) is 90.6 Å². The zero-order valence-electron chi connectivity index (χ0n) is 17.4. The summed E-state index contributed by atoms with van der Waals surface area (Å²) in [5.41, 5.74) is 1.01. The summed E-state index contributed by atoms with van der Waals surface area (Å²) in [7, 11) is -4.24. The molecule has 2 aromatic rings. The van der Waals surface area contributed by atoms with Crippen LogP contribution in [-0.2, 0) is 19.6 Å². The third-order valence-electron chi connectivity index (χ3n) is 5.79. The van der Waals surface area contributed by atoms with E-state index in [4.69, 9.17) is 92.8 Å². The molecule has 0 amide bonds. The number of alkyl halides is 2. The van der Waals surface area contributed by atoms with Crippen molar-refractivity contribution in [1.29, 1.82) is 0 Å². The van der Waals surface area contributed by atoms with E-state index >= 15 is 0 Å². The van der Waals surface area contributed by atoms with Crippen molar-refractivity contribution in [2.45, 2.75) is 22.6 Å². The van der Waals surface area contributed by atoms with E-state index in [1.807, 2.05) is 0 Å². The maximum absolute atomic E-state index is 13.7. The van der Waals surface area contributed by atoms with Crippen LogP contribution in [-0.4, -0.2) is 8.42 Å². The summed E-state index contributed by atoms with van der Waals surface area (Å²) in [6.07, 6.45) is 2.22. The fraction of sp³-hybridized carbons (Fsp3) is 0.167. The zero-order chi connectivity index (χ0) is 25.8. The smallest absolute Gasteiger partial charge is 0.208 e. The van der Waals surface area contributed by atoms with Gasteiger partial charge in [-0.15, -0.1) is 23.2 Å². The van der Waals surface area contributed by atoms with Gasteiger partial charge in [0.05, 0.1) is 9.81 Å². The van der Waals surface area contributed by atoms with Gasteiger partial charge in [0, 0.05) is 43.0 Å². The molecule has 2 unspecified atom stereocenters. The van der Waals surface area contributed by atoms with Gasteiger partial charge in [0.25, 0.3) is 0 Å². The van der Waals surface area contributed by atoms with E-state index in [2.05, 4.69) is 0 Å². The molecule has 2 nitrogen and oxygen atoms in total. The Balaban J connectivity index is 1.76. The molecule has 0 spiro atoms. The molecule has 0 aromatic heterocycles. The van der Waals surface area contributed by atoms with E-state index < -0.39 is 19.6 Å². The van der Waals surface area contributed by atoms with Gasteiger partial charge < -0.3 is 0 Å². The Bertz CT molecular complexity index is 1350. The molecule has 0 N–H and O–H groups in total. The van der Waals surface area contributed by atoms with Crippen molar-refractivity contribution in [1.82, 2.24) is 0 Å². The van der Waals surface area contributed by atoms with Gasteiger partial charge in [-0.05, 0) is 35.4 Å². The summed E-state index contributed by atoms with van der Waals surface area (Å²) < 4.78 is 27.3. The third kappa shape index (κ3) is 4.82. The molecule has 4 rings (SSSR count). The number of rotatable bonds is 4. The molecule has 0 aliphatic heterocycles. The number of hydrogen-bond donors (Lipinski definition) is 0. The fourth-order valence-corrected chi connectivity index (χ4v) is 8.81. The highest BCUT2D eigenvalue weighted by atomic mass is 35.5. The topological polar surface area (TPSA) is 34.1 Å². The maximum atomic E-state index is 13.7. The molecule has 35 heavy (non-hydrogen) atoms. The molecule has 0 fully saturated rings. The largest absolute Gasteiger partial charge is 0.218 e.